The maximum atomic E-state index is 10.4. The maximum Gasteiger partial charge on any atom is 0.309 e. The Hall–Kier alpha value is -0.630. The van der Waals surface area contributed by atoms with E-state index in [1.54, 1.807) is 5.38 Å². The molecule has 0 bridgehead atoms. The van der Waals surface area contributed by atoms with Crippen LogP contribution < -0.4 is 0 Å². The summed E-state index contributed by atoms with van der Waals surface area (Å²) in [5.74, 6) is -0.552. The number of carboxylic acids is 1. The number of carboxylic acid groups (broad SMARTS) is 1. The van der Waals surface area contributed by atoms with Gasteiger partial charge in [-0.25, -0.2) is 4.98 Å². The molecule has 0 fully saturated rings. The number of hydrogen-bond acceptors (Lipinski definition) is 6. The maximum absolute atomic E-state index is 10.4. The van der Waals surface area contributed by atoms with Gasteiger partial charge in [0, 0.05) is 11.1 Å². The molecule has 1 atom stereocenters. The average Bonchev–Trinajstić information content (AvgIpc) is 2.61. The van der Waals surface area contributed by atoms with Crippen LogP contribution >= 0.6 is 23.1 Å². The van der Waals surface area contributed by atoms with Gasteiger partial charge in [0.05, 0.1) is 24.8 Å². The molecule has 1 unspecified atom stereocenters. The minimum Gasteiger partial charge on any atom is -0.481 e. The molecule has 0 aliphatic rings. The van der Waals surface area contributed by atoms with Gasteiger partial charge in [-0.05, 0) is 0 Å². The summed E-state index contributed by atoms with van der Waals surface area (Å²) in [7, 11) is 0. The van der Waals surface area contributed by atoms with Crippen molar-refractivity contribution in [3.8, 4) is 0 Å². The van der Waals surface area contributed by atoms with Gasteiger partial charge >= 0.3 is 5.97 Å². The van der Waals surface area contributed by atoms with Gasteiger partial charge in [-0.2, -0.15) is 0 Å². The molecule has 1 rings (SSSR count). The van der Waals surface area contributed by atoms with Gasteiger partial charge in [-0.3, -0.25) is 4.79 Å². The van der Waals surface area contributed by atoms with Crippen LogP contribution in [0.2, 0.25) is 0 Å². The molecule has 1 heterocycles. The lowest BCUT2D eigenvalue weighted by molar-refractivity contribution is -0.136. The van der Waals surface area contributed by atoms with Gasteiger partial charge in [0.2, 0.25) is 0 Å². The Balaban J connectivity index is 2.42. The van der Waals surface area contributed by atoms with Gasteiger partial charge in [-0.1, -0.05) is 11.8 Å². The van der Waals surface area contributed by atoms with Gasteiger partial charge < -0.3 is 15.3 Å². The topological polar surface area (TPSA) is 90.7 Å². The second kappa shape index (κ2) is 6.06. The SMILES string of the molecule is O=C(O)Cc1csc(SCC(O)CO)n1. The van der Waals surface area contributed by atoms with E-state index in [-0.39, 0.29) is 13.0 Å². The molecule has 0 radical (unpaired) electrons. The highest BCUT2D eigenvalue weighted by Gasteiger charge is 2.08. The monoisotopic (exact) mass is 249 g/mol. The molecule has 0 amide bonds. The Morgan fingerprint density at radius 3 is 3.00 bits per heavy atom. The third-order valence-corrected chi connectivity index (χ3v) is 3.69. The van der Waals surface area contributed by atoms with Crippen molar-refractivity contribution < 1.29 is 20.1 Å². The van der Waals surface area contributed by atoms with Crippen LogP contribution in [0.1, 0.15) is 5.69 Å². The third kappa shape index (κ3) is 4.61. The molecule has 0 aromatic carbocycles. The number of aliphatic hydroxyl groups is 2. The zero-order valence-corrected chi connectivity index (χ0v) is 9.42. The molecule has 0 saturated carbocycles. The number of thioether (sulfide) groups is 1. The molecule has 7 heteroatoms. The first-order chi connectivity index (χ1) is 7.11. The molecule has 15 heavy (non-hydrogen) atoms. The summed E-state index contributed by atoms with van der Waals surface area (Å²) < 4.78 is 0.707. The number of thiazole rings is 1. The van der Waals surface area contributed by atoms with Crippen molar-refractivity contribution in [2.45, 2.75) is 16.9 Å². The second-order valence-corrected chi connectivity index (χ2v) is 4.95. The van der Waals surface area contributed by atoms with E-state index < -0.39 is 12.1 Å². The van der Waals surface area contributed by atoms with Crippen molar-refractivity contribution in [2.24, 2.45) is 0 Å². The van der Waals surface area contributed by atoms with Crippen molar-refractivity contribution in [3.05, 3.63) is 11.1 Å². The highest BCUT2D eigenvalue weighted by molar-refractivity contribution is 8.01. The summed E-state index contributed by atoms with van der Waals surface area (Å²) in [5, 5.41) is 27.9. The fourth-order valence-electron chi connectivity index (χ4n) is 0.811. The van der Waals surface area contributed by atoms with Crippen molar-refractivity contribution >= 4 is 29.1 Å². The van der Waals surface area contributed by atoms with Crippen molar-refractivity contribution in [2.75, 3.05) is 12.4 Å². The smallest absolute Gasteiger partial charge is 0.309 e. The predicted octanol–water partition coefficient (Wildman–Crippen LogP) is 0.216. The highest BCUT2D eigenvalue weighted by atomic mass is 32.2. The molecule has 0 spiro atoms. The molecule has 0 aliphatic heterocycles. The van der Waals surface area contributed by atoms with Crippen LogP contribution in [0.25, 0.3) is 0 Å². The summed E-state index contributed by atoms with van der Waals surface area (Å²) in [6.07, 6.45) is -0.846. The van der Waals surface area contributed by atoms with E-state index in [2.05, 4.69) is 4.98 Å². The first-order valence-corrected chi connectivity index (χ1v) is 6.06. The standard InChI is InChI=1S/C8H11NO4S2/c10-2-6(11)4-15-8-9-5(3-14-8)1-7(12)13/h3,6,10-11H,1-2,4H2,(H,12,13). The number of hydrogen-bond donors (Lipinski definition) is 3. The minimum absolute atomic E-state index is 0.0837. The number of nitrogens with zero attached hydrogens (tertiary/aromatic N) is 1. The second-order valence-electron chi connectivity index (χ2n) is 2.82. The van der Waals surface area contributed by atoms with E-state index in [9.17, 15) is 4.79 Å². The highest BCUT2D eigenvalue weighted by Crippen LogP contribution is 2.23. The van der Waals surface area contributed by atoms with Crippen LogP contribution in [0, 0.1) is 0 Å². The number of aliphatic carboxylic acids is 1. The van der Waals surface area contributed by atoms with E-state index in [1.807, 2.05) is 0 Å². The fraction of sp³-hybridized carbons (Fsp3) is 0.500. The number of rotatable bonds is 6. The lowest BCUT2D eigenvalue weighted by Gasteiger charge is -2.03. The Bertz CT molecular complexity index is 328. The Morgan fingerprint density at radius 1 is 1.67 bits per heavy atom. The summed E-state index contributed by atoms with van der Waals surface area (Å²) in [6, 6.07) is 0. The van der Waals surface area contributed by atoms with Crippen LogP contribution in [0.15, 0.2) is 9.72 Å². The van der Waals surface area contributed by atoms with Crippen LogP contribution in [0.3, 0.4) is 0 Å². The van der Waals surface area contributed by atoms with Crippen LogP contribution in [0.4, 0.5) is 0 Å². The van der Waals surface area contributed by atoms with Gasteiger partial charge in [0.25, 0.3) is 0 Å². The molecular weight excluding hydrogens is 238 g/mol. The normalized spacial score (nSPS) is 12.7. The quantitative estimate of drug-likeness (QED) is 0.625. The molecule has 0 aliphatic carbocycles. The average molecular weight is 249 g/mol. The summed E-state index contributed by atoms with van der Waals surface area (Å²) in [5.41, 5.74) is 0.522. The molecular formula is C8H11NO4S2. The number of aromatic nitrogens is 1. The van der Waals surface area contributed by atoms with Crippen LogP contribution in [-0.2, 0) is 11.2 Å². The van der Waals surface area contributed by atoms with E-state index >= 15 is 0 Å². The van der Waals surface area contributed by atoms with Gasteiger partial charge in [0.15, 0.2) is 0 Å². The van der Waals surface area contributed by atoms with Gasteiger partial charge in [-0.15, -0.1) is 11.3 Å². The molecule has 5 nitrogen and oxygen atoms in total. The third-order valence-electron chi connectivity index (χ3n) is 1.47. The Labute approximate surface area is 94.8 Å². The van der Waals surface area contributed by atoms with E-state index in [0.29, 0.717) is 15.8 Å². The Morgan fingerprint density at radius 2 is 2.40 bits per heavy atom. The van der Waals surface area contributed by atoms with Crippen molar-refractivity contribution in [1.29, 1.82) is 0 Å². The molecule has 1 aromatic heterocycles. The van der Waals surface area contributed by atoms with E-state index in [1.165, 1.54) is 23.1 Å². The molecule has 3 N–H and O–H groups in total. The lowest BCUT2D eigenvalue weighted by atomic mass is 10.3. The van der Waals surface area contributed by atoms with Crippen LogP contribution in [0.5, 0.6) is 0 Å². The fourth-order valence-corrected chi connectivity index (χ4v) is 2.60. The minimum atomic E-state index is -0.910. The summed E-state index contributed by atoms with van der Waals surface area (Å²) in [4.78, 5) is 14.4. The zero-order valence-electron chi connectivity index (χ0n) is 7.79. The predicted molar refractivity (Wildman–Crippen MR) is 57.3 cm³/mol. The molecule has 84 valence electrons. The molecule has 1 aromatic rings. The largest absolute Gasteiger partial charge is 0.481 e. The number of aliphatic hydroxyl groups excluding tert-OH is 2. The summed E-state index contributed by atoms with van der Waals surface area (Å²) >= 11 is 2.65. The zero-order chi connectivity index (χ0) is 11.3. The van der Waals surface area contributed by atoms with Crippen LogP contribution in [-0.4, -0.2) is 44.7 Å². The van der Waals surface area contributed by atoms with Crippen molar-refractivity contribution in [3.63, 3.8) is 0 Å². The van der Waals surface area contributed by atoms with Gasteiger partial charge in [0.1, 0.15) is 4.34 Å². The Kier molecular flexibility index (Phi) is 5.03. The van der Waals surface area contributed by atoms with E-state index in [4.69, 9.17) is 15.3 Å². The van der Waals surface area contributed by atoms with Crippen molar-refractivity contribution in [1.82, 2.24) is 4.98 Å². The number of carbonyl (C=O) groups is 1. The molecule has 0 saturated heterocycles. The first-order valence-electron chi connectivity index (χ1n) is 4.19. The summed E-state index contributed by atoms with van der Waals surface area (Å²) in [6.45, 7) is -0.277. The first kappa shape index (κ1) is 12.4. The van der Waals surface area contributed by atoms with E-state index in [0.717, 1.165) is 0 Å². The lowest BCUT2D eigenvalue weighted by Crippen LogP contribution is -2.14.